The summed E-state index contributed by atoms with van der Waals surface area (Å²) in [6, 6.07) is 0.495. The van der Waals surface area contributed by atoms with E-state index in [1.54, 1.807) is 0 Å². The highest BCUT2D eigenvalue weighted by Crippen LogP contribution is 2.44. The van der Waals surface area contributed by atoms with Crippen LogP contribution in [0.1, 0.15) is 85.5 Å². The summed E-state index contributed by atoms with van der Waals surface area (Å²) < 4.78 is 0. The zero-order chi connectivity index (χ0) is 14.6. The number of hydroxylamine groups is 1. The van der Waals surface area contributed by atoms with Gasteiger partial charge in [0.2, 0.25) is 0 Å². The molecule has 2 heteroatoms. The minimum atomic E-state index is 0.0496. The van der Waals surface area contributed by atoms with E-state index in [-0.39, 0.29) is 5.60 Å². The predicted molar refractivity (Wildman–Crippen MR) is 85.5 cm³/mol. The molecule has 0 amide bonds. The van der Waals surface area contributed by atoms with Crippen LogP contribution in [-0.4, -0.2) is 11.6 Å². The normalized spacial score (nSPS) is 37.6. The van der Waals surface area contributed by atoms with Crippen LogP contribution in [0.5, 0.6) is 0 Å². The lowest BCUT2D eigenvalue weighted by molar-refractivity contribution is -0.103. The van der Waals surface area contributed by atoms with E-state index >= 15 is 0 Å². The second kappa shape index (κ2) is 7.26. The molecule has 2 aliphatic rings. The molecule has 0 spiro atoms. The molecule has 1 saturated heterocycles. The summed E-state index contributed by atoms with van der Waals surface area (Å²) in [6.07, 6.45) is 12.5. The molecule has 20 heavy (non-hydrogen) atoms. The number of hydrogen-bond acceptors (Lipinski definition) is 2. The molecule has 2 fully saturated rings. The third-order valence-corrected chi connectivity index (χ3v) is 5.70. The third-order valence-electron chi connectivity index (χ3n) is 5.70. The van der Waals surface area contributed by atoms with Crippen molar-refractivity contribution in [1.29, 1.82) is 0 Å². The lowest BCUT2D eigenvalue weighted by Gasteiger charge is -2.38. The molecule has 1 aliphatic carbocycles. The van der Waals surface area contributed by atoms with E-state index in [1.165, 1.54) is 57.8 Å². The molecule has 0 aromatic carbocycles. The van der Waals surface area contributed by atoms with Gasteiger partial charge in [0.15, 0.2) is 0 Å². The Kier molecular flexibility index (Phi) is 5.92. The highest BCUT2D eigenvalue weighted by molar-refractivity contribution is 4.98. The summed E-state index contributed by atoms with van der Waals surface area (Å²) >= 11 is 0. The van der Waals surface area contributed by atoms with E-state index in [9.17, 15) is 0 Å². The van der Waals surface area contributed by atoms with Gasteiger partial charge in [0.25, 0.3) is 0 Å². The summed E-state index contributed by atoms with van der Waals surface area (Å²) in [5, 5.41) is 0. The van der Waals surface area contributed by atoms with Gasteiger partial charge in [-0.2, -0.15) is 5.48 Å². The van der Waals surface area contributed by atoms with Crippen LogP contribution in [0.2, 0.25) is 0 Å². The lowest BCUT2D eigenvalue weighted by atomic mass is 9.70. The Bertz CT molecular complexity index is 281. The Morgan fingerprint density at radius 1 is 1.05 bits per heavy atom. The molecule has 3 atom stereocenters. The maximum atomic E-state index is 6.19. The quantitative estimate of drug-likeness (QED) is 0.778. The van der Waals surface area contributed by atoms with E-state index in [0.717, 1.165) is 11.8 Å². The van der Waals surface area contributed by atoms with Crippen molar-refractivity contribution in [3.05, 3.63) is 0 Å². The molecule has 1 N–H and O–H groups in total. The monoisotopic (exact) mass is 281 g/mol. The largest absolute Gasteiger partial charge is 0.295 e. The van der Waals surface area contributed by atoms with E-state index in [1.807, 2.05) is 0 Å². The van der Waals surface area contributed by atoms with Crippen molar-refractivity contribution in [1.82, 2.24) is 5.48 Å². The van der Waals surface area contributed by atoms with Gasteiger partial charge < -0.3 is 0 Å². The second-order valence-electron chi connectivity index (χ2n) is 7.82. The van der Waals surface area contributed by atoms with Gasteiger partial charge in [-0.15, -0.1) is 0 Å². The smallest absolute Gasteiger partial charge is 0.0940 e. The van der Waals surface area contributed by atoms with Crippen molar-refractivity contribution in [3.63, 3.8) is 0 Å². The van der Waals surface area contributed by atoms with Gasteiger partial charge in [-0.25, -0.2) is 0 Å². The fourth-order valence-corrected chi connectivity index (χ4v) is 4.41. The Hall–Kier alpha value is -0.0800. The Morgan fingerprint density at radius 2 is 1.60 bits per heavy atom. The van der Waals surface area contributed by atoms with Crippen molar-refractivity contribution in [2.45, 2.75) is 97.1 Å². The fraction of sp³-hybridized carbons (Fsp3) is 1.00. The highest BCUT2D eigenvalue weighted by atomic mass is 16.7. The first-order chi connectivity index (χ1) is 9.54. The molecule has 1 saturated carbocycles. The SMILES string of the molecule is CC(C)CC1C(C)NOC1(C)C1CCCCCCCC1. The molecular formula is C18H35NO. The summed E-state index contributed by atoms with van der Waals surface area (Å²) in [4.78, 5) is 6.19. The van der Waals surface area contributed by atoms with Crippen molar-refractivity contribution in [2.75, 3.05) is 0 Å². The first-order valence-corrected chi connectivity index (χ1v) is 8.97. The Labute approximate surface area is 126 Å². The van der Waals surface area contributed by atoms with E-state index < -0.39 is 0 Å². The van der Waals surface area contributed by atoms with E-state index in [4.69, 9.17) is 4.84 Å². The molecule has 118 valence electrons. The van der Waals surface area contributed by atoms with Crippen molar-refractivity contribution in [3.8, 4) is 0 Å². The first kappa shape index (κ1) is 16.3. The van der Waals surface area contributed by atoms with Crippen LogP contribution in [0, 0.1) is 17.8 Å². The molecule has 2 rings (SSSR count). The Morgan fingerprint density at radius 3 is 2.15 bits per heavy atom. The summed E-state index contributed by atoms with van der Waals surface area (Å²) in [5.74, 6) is 2.15. The lowest BCUT2D eigenvalue weighted by Crippen LogP contribution is -2.43. The molecular weight excluding hydrogens is 246 g/mol. The molecule has 1 aliphatic heterocycles. The second-order valence-corrected chi connectivity index (χ2v) is 7.82. The summed E-state index contributed by atoms with van der Waals surface area (Å²) in [5.41, 5.74) is 3.36. The van der Waals surface area contributed by atoms with Gasteiger partial charge in [-0.1, -0.05) is 52.4 Å². The van der Waals surface area contributed by atoms with Crippen molar-refractivity contribution < 1.29 is 4.84 Å². The predicted octanol–water partition coefficient (Wildman–Crippen LogP) is 5.08. The molecule has 0 aromatic rings. The maximum absolute atomic E-state index is 6.19. The van der Waals surface area contributed by atoms with Crippen LogP contribution >= 0.6 is 0 Å². The topological polar surface area (TPSA) is 21.3 Å². The molecule has 1 heterocycles. The van der Waals surface area contributed by atoms with Gasteiger partial charge in [0.1, 0.15) is 0 Å². The number of rotatable bonds is 3. The van der Waals surface area contributed by atoms with Gasteiger partial charge in [0.05, 0.1) is 5.60 Å². The summed E-state index contributed by atoms with van der Waals surface area (Å²) in [7, 11) is 0. The number of hydrogen-bond donors (Lipinski definition) is 1. The van der Waals surface area contributed by atoms with Gasteiger partial charge in [-0.05, 0) is 44.9 Å². The van der Waals surface area contributed by atoms with E-state index in [0.29, 0.717) is 12.0 Å². The van der Waals surface area contributed by atoms with Crippen LogP contribution in [0.25, 0.3) is 0 Å². The Balaban J connectivity index is 2.08. The van der Waals surface area contributed by atoms with Crippen molar-refractivity contribution in [2.24, 2.45) is 17.8 Å². The average Bonchev–Trinajstić information content (AvgIpc) is 2.76. The maximum Gasteiger partial charge on any atom is 0.0940 e. The zero-order valence-electron chi connectivity index (χ0n) is 14.1. The molecule has 3 unspecified atom stereocenters. The number of nitrogens with one attached hydrogen (secondary N) is 1. The van der Waals surface area contributed by atoms with Crippen LogP contribution in [0.4, 0.5) is 0 Å². The highest BCUT2D eigenvalue weighted by Gasteiger charge is 2.49. The molecule has 0 bridgehead atoms. The molecule has 2 nitrogen and oxygen atoms in total. The van der Waals surface area contributed by atoms with E-state index in [2.05, 4.69) is 33.2 Å². The van der Waals surface area contributed by atoms with Crippen LogP contribution in [0.3, 0.4) is 0 Å². The first-order valence-electron chi connectivity index (χ1n) is 8.97. The zero-order valence-corrected chi connectivity index (χ0v) is 14.1. The standard InChI is InChI=1S/C18H35NO/c1-14(2)13-17-15(3)19-20-18(17,4)16-11-9-7-5-6-8-10-12-16/h14-17,19H,5-13H2,1-4H3. The van der Waals surface area contributed by atoms with Crippen molar-refractivity contribution >= 4 is 0 Å². The molecule has 0 radical (unpaired) electrons. The minimum absolute atomic E-state index is 0.0496. The minimum Gasteiger partial charge on any atom is -0.295 e. The average molecular weight is 281 g/mol. The third kappa shape index (κ3) is 3.76. The van der Waals surface area contributed by atoms with Crippen LogP contribution in [-0.2, 0) is 4.84 Å². The van der Waals surface area contributed by atoms with Gasteiger partial charge in [-0.3, -0.25) is 4.84 Å². The van der Waals surface area contributed by atoms with Gasteiger partial charge in [0, 0.05) is 12.0 Å². The molecule has 0 aromatic heterocycles. The van der Waals surface area contributed by atoms with Gasteiger partial charge >= 0.3 is 0 Å². The van der Waals surface area contributed by atoms with Crippen LogP contribution in [0.15, 0.2) is 0 Å². The van der Waals surface area contributed by atoms with Crippen LogP contribution < -0.4 is 5.48 Å². The fourth-order valence-electron chi connectivity index (χ4n) is 4.41. The summed E-state index contributed by atoms with van der Waals surface area (Å²) in [6.45, 7) is 9.37.